The van der Waals surface area contributed by atoms with Gasteiger partial charge in [-0.1, -0.05) is 42.1 Å². The lowest BCUT2D eigenvalue weighted by Gasteiger charge is -2.03. The zero-order valence-electron chi connectivity index (χ0n) is 10.6. The molecule has 0 radical (unpaired) electrons. The van der Waals surface area contributed by atoms with Crippen molar-refractivity contribution in [3.63, 3.8) is 0 Å². The van der Waals surface area contributed by atoms with Crippen LogP contribution in [0.3, 0.4) is 0 Å². The normalized spacial score (nSPS) is 13.2. The number of hydrogen-bond donors (Lipinski definition) is 1. The van der Waals surface area contributed by atoms with Crippen LogP contribution in [0.4, 0.5) is 0 Å². The molecule has 3 rings (SSSR count). The number of Topliss-reactive ketones (excluding diaryl/α,β-unsaturated/α-hetero) is 1. The lowest BCUT2D eigenvalue weighted by Crippen LogP contribution is -2.15. The summed E-state index contributed by atoms with van der Waals surface area (Å²) in [6.45, 7) is 0. The van der Waals surface area contributed by atoms with Gasteiger partial charge in [0.25, 0.3) is 5.56 Å². The molecular weight excluding hydrogens is 292 g/mol. The molecule has 4 nitrogen and oxygen atoms in total. The maximum absolute atomic E-state index is 12.0. The second-order valence-electron chi connectivity index (χ2n) is 4.37. The molecule has 2 heterocycles. The maximum atomic E-state index is 12.0. The predicted octanol–water partition coefficient (Wildman–Crippen LogP) is 2.49. The standard InChI is InChI=1S/C14H12N2O2S2/c17-12(9-4-2-1-3-5-9)8-20-14-15-11-7-19-6-10(11)13(18)16-14/h1-5H,6-8H2,(H,15,16,18). The molecule has 0 fully saturated rings. The van der Waals surface area contributed by atoms with Crippen LogP contribution < -0.4 is 5.56 Å². The number of hydrogen-bond acceptors (Lipinski definition) is 5. The van der Waals surface area contributed by atoms with E-state index in [9.17, 15) is 9.59 Å². The highest BCUT2D eigenvalue weighted by Gasteiger charge is 2.18. The summed E-state index contributed by atoms with van der Waals surface area (Å²) in [5, 5.41) is 0.528. The van der Waals surface area contributed by atoms with Crippen molar-refractivity contribution in [2.24, 2.45) is 0 Å². The number of nitrogens with zero attached hydrogens (tertiary/aromatic N) is 1. The molecule has 20 heavy (non-hydrogen) atoms. The summed E-state index contributed by atoms with van der Waals surface area (Å²) in [6.07, 6.45) is 0. The Kier molecular flexibility index (Phi) is 3.93. The largest absolute Gasteiger partial charge is 0.301 e. The lowest BCUT2D eigenvalue weighted by molar-refractivity contribution is 0.102. The number of ketones is 1. The van der Waals surface area contributed by atoms with Crippen LogP contribution >= 0.6 is 23.5 Å². The van der Waals surface area contributed by atoms with E-state index in [2.05, 4.69) is 9.97 Å². The summed E-state index contributed by atoms with van der Waals surface area (Å²) in [4.78, 5) is 31.0. The highest BCUT2D eigenvalue weighted by Crippen LogP contribution is 2.26. The summed E-state index contributed by atoms with van der Waals surface area (Å²) in [7, 11) is 0. The first-order valence-electron chi connectivity index (χ1n) is 6.15. The molecule has 1 aliphatic rings. The summed E-state index contributed by atoms with van der Waals surface area (Å²) in [5.74, 6) is 1.82. The van der Waals surface area contributed by atoms with Crippen molar-refractivity contribution in [1.82, 2.24) is 9.97 Å². The van der Waals surface area contributed by atoms with E-state index in [1.165, 1.54) is 11.8 Å². The fraction of sp³-hybridized carbons (Fsp3) is 0.214. The Morgan fingerprint density at radius 1 is 1.30 bits per heavy atom. The smallest absolute Gasteiger partial charge is 0.255 e. The van der Waals surface area contributed by atoms with E-state index >= 15 is 0 Å². The van der Waals surface area contributed by atoms with E-state index in [1.807, 2.05) is 18.2 Å². The van der Waals surface area contributed by atoms with Crippen LogP contribution in [-0.2, 0) is 11.5 Å². The van der Waals surface area contributed by atoms with E-state index in [-0.39, 0.29) is 17.1 Å². The van der Waals surface area contributed by atoms with Gasteiger partial charge in [0, 0.05) is 22.6 Å². The lowest BCUT2D eigenvalue weighted by atomic mass is 10.2. The van der Waals surface area contributed by atoms with Crippen LogP contribution in [0.25, 0.3) is 0 Å². The highest BCUT2D eigenvalue weighted by atomic mass is 32.2. The van der Waals surface area contributed by atoms with Gasteiger partial charge in [-0.2, -0.15) is 11.8 Å². The van der Waals surface area contributed by atoms with Crippen LogP contribution in [0.15, 0.2) is 40.3 Å². The molecule has 0 bridgehead atoms. The molecule has 0 spiro atoms. The SMILES string of the molecule is O=C(CSc1nc2c(c(=O)[nH]1)CSC2)c1ccccc1. The number of thioether (sulfide) groups is 2. The van der Waals surface area contributed by atoms with Crippen molar-refractivity contribution < 1.29 is 4.79 Å². The highest BCUT2D eigenvalue weighted by molar-refractivity contribution is 7.99. The number of carbonyl (C=O) groups is 1. The zero-order valence-corrected chi connectivity index (χ0v) is 12.2. The van der Waals surface area contributed by atoms with Crippen molar-refractivity contribution in [2.75, 3.05) is 5.75 Å². The Morgan fingerprint density at radius 2 is 2.10 bits per heavy atom. The first-order valence-corrected chi connectivity index (χ1v) is 8.29. The molecule has 0 unspecified atom stereocenters. The van der Waals surface area contributed by atoms with Crippen molar-refractivity contribution in [3.05, 3.63) is 57.5 Å². The first kappa shape index (κ1) is 13.5. The van der Waals surface area contributed by atoms with Crippen LogP contribution in [0.1, 0.15) is 21.6 Å². The summed E-state index contributed by atoms with van der Waals surface area (Å²) < 4.78 is 0. The molecular formula is C14H12N2O2S2. The minimum Gasteiger partial charge on any atom is -0.301 e. The van der Waals surface area contributed by atoms with Gasteiger partial charge in [-0.3, -0.25) is 9.59 Å². The van der Waals surface area contributed by atoms with E-state index in [0.717, 1.165) is 22.8 Å². The van der Waals surface area contributed by atoms with Crippen molar-refractivity contribution in [1.29, 1.82) is 0 Å². The van der Waals surface area contributed by atoms with Gasteiger partial charge in [0.05, 0.1) is 11.4 Å². The molecule has 0 amide bonds. The summed E-state index contributed by atoms with van der Waals surface area (Å²) in [5.41, 5.74) is 2.23. The Labute approximate surface area is 124 Å². The van der Waals surface area contributed by atoms with Crippen LogP contribution in [-0.4, -0.2) is 21.5 Å². The average Bonchev–Trinajstić information content (AvgIpc) is 2.94. The van der Waals surface area contributed by atoms with E-state index in [1.54, 1.807) is 23.9 Å². The van der Waals surface area contributed by atoms with Crippen LogP contribution in [0.2, 0.25) is 0 Å². The monoisotopic (exact) mass is 304 g/mol. The van der Waals surface area contributed by atoms with Gasteiger partial charge in [0.2, 0.25) is 0 Å². The second-order valence-corrected chi connectivity index (χ2v) is 6.32. The first-order chi connectivity index (χ1) is 9.74. The van der Waals surface area contributed by atoms with E-state index in [4.69, 9.17) is 0 Å². The van der Waals surface area contributed by atoms with Gasteiger partial charge in [-0.25, -0.2) is 4.98 Å². The van der Waals surface area contributed by atoms with Gasteiger partial charge >= 0.3 is 0 Å². The molecule has 2 aromatic rings. The zero-order chi connectivity index (χ0) is 13.9. The fourth-order valence-electron chi connectivity index (χ4n) is 1.95. The molecule has 0 saturated heterocycles. The third-order valence-electron chi connectivity index (χ3n) is 3.00. The fourth-order valence-corrected chi connectivity index (χ4v) is 3.76. The Balaban J connectivity index is 1.72. The van der Waals surface area contributed by atoms with Gasteiger partial charge in [-0.05, 0) is 0 Å². The molecule has 1 aliphatic heterocycles. The number of H-pyrrole nitrogens is 1. The summed E-state index contributed by atoms with van der Waals surface area (Å²) >= 11 is 2.97. The number of aromatic nitrogens is 2. The van der Waals surface area contributed by atoms with Crippen molar-refractivity contribution in [3.8, 4) is 0 Å². The molecule has 1 aromatic heterocycles. The molecule has 0 aliphatic carbocycles. The second kappa shape index (κ2) is 5.85. The van der Waals surface area contributed by atoms with Crippen LogP contribution in [0, 0.1) is 0 Å². The van der Waals surface area contributed by atoms with Crippen molar-refractivity contribution >= 4 is 29.3 Å². The number of fused-ring (bicyclic) bond motifs is 1. The number of benzene rings is 1. The summed E-state index contributed by atoms with van der Waals surface area (Å²) in [6, 6.07) is 9.13. The molecule has 1 aromatic carbocycles. The van der Waals surface area contributed by atoms with Gasteiger partial charge < -0.3 is 4.98 Å². The third kappa shape index (κ3) is 2.81. The van der Waals surface area contributed by atoms with Crippen LogP contribution in [0.5, 0.6) is 0 Å². The molecule has 0 saturated carbocycles. The van der Waals surface area contributed by atoms with Gasteiger partial charge in [0.1, 0.15) is 0 Å². The number of carbonyl (C=O) groups excluding carboxylic acids is 1. The van der Waals surface area contributed by atoms with E-state index in [0.29, 0.717) is 10.7 Å². The van der Waals surface area contributed by atoms with Crippen molar-refractivity contribution in [2.45, 2.75) is 16.7 Å². The number of aromatic amines is 1. The Hall–Kier alpha value is -1.53. The average molecular weight is 304 g/mol. The minimum atomic E-state index is -0.0744. The number of nitrogens with one attached hydrogen (secondary N) is 1. The van der Waals surface area contributed by atoms with Gasteiger partial charge in [-0.15, -0.1) is 0 Å². The predicted molar refractivity (Wildman–Crippen MR) is 81.4 cm³/mol. The van der Waals surface area contributed by atoms with Gasteiger partial charge in [0.15, 0.2) is 10.9 Å². The molecule has 6 heteroatoms. The Bertz CT molecular complexity index is 698. The minimum absolute atomic E-state index is 0.0353. The number of rotatable bonds is 4. The molecule has 102 valence electrons. The topological polar surface area (TPSA) is 62.8 Å². The van der Waals surface area contributed by atoms with E-state index < -0.39 is 0 Å². The third-order valence-corrected chi connectivity index (χ3v) is 4.84. The quantitative estimate of drug-likeness (QED) is 0.534. The maximum Gasteiger partial charge on any atom is 0.255 e. The Morgan fingerprint density at radius 3 is 2.90 bits per heavy atom. The molecule has 0 atom stereocenters. The molecule has 1 N–H and O–H groups in total.